The average Bonchev–Trinajstić information content (AvgIpc) is 2.28. The summed E-state index contributed by atoms with van der Waals surface area (Å²) >= 11 is 0. The molecule has 90 valence electrons. The quantitative estimate of drug-likeness (QED) is 0.693. The van der Waals surface area contributed by atoms with Crippen molar-refractivity contribution in [2.75, 3.05) is 26.4 Å². The molecule has 3 nitrogen and oxygen atoms in total. The van der Waals surface area contributed by atoms with Crippen LogP contribution in [0.4, 0.5) is 4.39 Å². The zero-order valence-electron chi connectivity index (χ0n) is 9.45. The van der Waals surface area contributed by atoms with Gasteiger partial charge in [0.05, 0.1) is 19.8 Å². The molecule has 2 N–H and O–H groups in total. The minimum atomic E-state index is -0.220. The summed E-state index contributed by atoms with van der Waals surface area (Å²) < 4.78 is 18.0. The van der Waals surface area contributed by atoms with Crippen molar-refractivity contribution in [2.45, 2.75) is 13.0 Å². The highest BCUT2D eigenvalue weighted by molar-refractivity contribution is 5.19. The second-order valence-electron chi connectivity index (χ2n) is 3.57. The summed E-state index contributed by atoms with van der Waals surface area (Å²) in [5.74, 6) is -0.220. The first-order chi connectivity index (χ1) is 7.74. The number of hydrogen-bond donors (Lipinski definition) is 2. The SMILES string of the molecule is C[C@@H](NCCOCCO)c1cccc(F)c1. The van der Waals surface area contributed by atoms with Crippen LogP contribution in [0.25, 0.3) is 0 Å². The number of aliphatic hydroxyl groups excluding tert-OH is 1. The molecular formula is C12H18FNO2. The monoisotopic (exact) mass is 227 g/mol. The van der Waals surface area contributed by atoms with Crippen molar-refractivity contribution in [2.24, 2.45) is 0 Å². The first-order valence-corrected chi connectivity index (χ1v) is 5.41. The van der Waals surface area contributed by atoms with Crippen molar-refractivity contribution in [3.63, 3.8) is 0 Å². The lowest BCUT2D eigenvalue weighted by Gasteiger charge is -2.14. The Kier molecular flexibility index (Phi) is 6.00. The topological polar surface area (TPSA) is 41.5 Å². The van der Waals surface area contributed by atoms with E-state index in [1.165, 1.54) is 12.1 Å². The third-order valence-corrected chi connectivity index (χ3v) is 2.28. The second-order valence-corrected chi connectivity index (χ2v) is 3.57. The van der Waals surface area contributed by atoms with E-state index in [0.717, 1.165) is 5.56 Å². The Morgan fingerprint density at radius 1 is 1.44 bits per heavy atom. The van der Waals surface area contributed by atoms with E-state index in [1.54, 1.807) is 6.07 Å². The van der Waals surface area contributed by atoms with Crippen LogP contribution in [0, 0.1) is 5.82 Å². The molecule has 0 aromatic heterocycles. The Labute approximate surface area is 95.2 Å². The van der Waals surface area contributed by atoms with Crippen LogP contribution in [0.1, 0.15) is 18.5 Å². The van der Waals surface area contributed by atoms with E-state index in [2.05, 4.69) is 5.32 Å². The minimum Gasteiger partial charge on any atom is -0.394 e. The number of rotatable bonds is 7. The predicted octanol–water partition coefficient (Wildman–Crippen LogP) is 1.49. The van der Waals surface area contributed by atoms with Gasteiger partial charge < -0.3 is 15.2 Å². The standard InChI is InChI=1S/C12H18FNO2/c1-10(14-5-7-16-8-6-15)11-3-2-4-12(13)9-11/h2-4,9-10,14-15H,5-8H2,1H3/t10-/m1/s1. The summed E-state index contributed by atoms with van der Waals surface area (Å²) in [6.07, 6.45) is 0. The molecule has 1 rings (SSSR count). The predicted molar refractivity (Wildman–Crippen MR) is 60.7 cm³/mol. The van der Waals surface area contributed by atoms with Gasteiger partial charge >= 0.3 is 0 Å². The fraction of sp³-hybridized carbons (Fsp3) is 0.500. The third kappa shape index (κ3) is 4.70. The minimum absolute atomic E-state index is 0.0411. The summed E-state index contributed by atoms with van der Waals surface area (Å²) in [7, 11) is 0. The third-order valence-electron chi connectivity index (χ3n) is 2.28. The van der Waals surface area contributed by atoms with Crippen molar-refractivity contribution in [3.8, 4) is 0 Å². The molecule has 1 aromatic rings. The number of aliphatic hydroxyl groups is 1. The Bertz CT molecular complexity index is 307. The fourth-order valence-corrected chi connectivity index (χ4v) is 1.41. The maximum absolute atomic E-state index is 12.9. The largest absolute Gasteiger partial charge is 0.394 e. The van der Waals surface area contributed by atoms with Gasteiger partial charge in [0.2, 0.25) is 0 Å². The molecule has 0 aliphatic heterocycles. The van der Waals surface area contributed by atoms with Gasteiger partial charge in [-0.05, 0) is 24.6 Å². The van der Waals surface area contributed by atoms with Gasteiger partial charge in [0.25, 0.3) is 0 Å². The van der Waals surface area contributed by atoms with Crippen LogP contribution < -0.4 is 5.32 Å². The molecule has 0 spiro atoms. The van der Waals surface area contributed by atoms with Crippen molar-refractivity contribution < 1.29 is 14.2 Å². The summed E-state index contributed by atoms with van der Waals surface area (Å²) in [5.41, 5.74) is 0.919. The molecule has 0 unspecified atom stereocenters. The number of ether oxygens (including phenoxy) is 1. The molecule has 1 atom stereocenters. The average molecular weight is 227 g/mol. The van der Waals surface area contributed by atoms with Crippen LogP contribution in [-0.2, 0) is 4.74 Å². The zero-order chi connectivity index (χ0) is 11.8. The van der Waals surface area contributed by atoms with E-state index in [0.29, 0.717) is 19.8 Å². The van der Waals surface area contributed by atoms with E-state index in [1.807, 2.05) is 13.0 Å². The van der Waals surface area contributed by atoms with Gasteiger partial charge in [0, 0.05) is 12.6 Å². The van der Waals surface area contributed by atoms with Gasteiger partial charge in [0.15, 0.2) is 0 Å². The van der Waals surface area contributed by atoms with Gasteiger partial charge in [-0.1, -0.05) is 12.1 Å². The van der Waals surface area contributed by atoms with E-state index in [4.69, 9.17) is 9.84 Å². The van der Waals surface area contributed by atoms with Crippen molar-refractivity contribution >= 4 is 0 Å². The highest BCUT2D eigenvalue weighted by Gasteiger charge is 2.04. The highest BCUT2D eigenvalue weighted by atomic mass is 19.1. The van der Waals surface area contributed by atoms with Crippen molar-refractivity contribution in [3.05, 3.63) is 35.6 Å². The molecule has 0 heterocycles. The molecule has 0 saturated carbocycles. The first-order valence-electron chi connectivity index (χ1n) is 5.41. The summed E-state index contributed by atoms with van der Waals surface area (Å²) in [6.45, 7) is 3.59. The van der Waals surface area contributed by atoms with Crippen molar-refractivity contribution in [1.29, 1.82) is 0 Å². The van der Waals surface area contributed by atoms with Crippen molar-refractivity contribution in [1.82, 2.24) is 5.32 Å². The molecule has 4 heteroatoms. The maximum atomic E-state index is 12.9. The van der Waals surface area contributed by atoms with E-state index in [9.17, 15) is 4.39 Å². The Balaban J connectivity index is 2.27. The van der Waals surface area contributed by atoms with E-state index >= 15 is 0 Å². The second kappa shape index (κ2) is 7.33. The number of nitrogens with one attached hydrogen (secondary N) is 1. The van der Waals surface area contributed by atoms with Gasteiger partial charge in [-0.2, -0.15) is 0 Å². The number of hydrogen-bond acceptors (Lipinski definition) is 3. The Morgan fingerprint density at radius 2 is 2.25 bits per heavy atom. The molecule has 0 aliphatic rings. The fourth-order valence-electron chi connectivity index (χ4n) is 1.41. The first kappa shape index (κ1) is 13.1. The lowest BCUT2D eigenvalue weighted by atomic mass is 10.1. The molecule has 0 radical (unpaired) electrons. The number of halogens is 1. The molecule has 0 amide bonds. The van der Waals surface area contributed by atoms with Crippen LogP contribution in [0.3, 0.4) is 0 Å². The van der Waals surface area contributed by atoms with Crippen LogP contribution in [-0.4, -0.2) is 31.5 Å². The van der Waals surface area contributed by atoms with Gasteiger partial charge in [-0.15, -0.1) is 0 Å². The van der Waals surface area contributed by atoms with Gasteiger partial charge in [0.1, 0.15) is 5.82 Å². The molecule has 1 aromatic carbocycles. The van der Waals surface area contributed by atoms with E-state index < -0.39 is 0 Å². The molecule has 0 fully saturated rings. The summed E-state index contributed by atoms with van der Waals surface area (Å²) in [4.78, 5) is 0. The zero-order valence-corrected chi connectivity index (χ0v) is 9.45. The van der Waals surface area contributed by atoms with Gasteiger partial charge in [-0.3, -0.25) is 0 Å². The summed E-state index contributed by atoms with van der Waals surface area (Å²) in [5, 5.41) is 11.7. The van der Waals surface area contributed by atoms with Crippen LogP contribution in [0.2, 0.25) is 0 Å². The summed E-state index contributed by atoms with van der Waals surface area (Å²) in [6, 6.07) is 6.63. The Hall–Kier alpha value is -0.970. The molecule has 0 bridgehead atoms. The molecule has 0 aliphatic carbocycles. The normalized spacial score (nSPS) is 12.7. The maximum Gasteiger partial charge on any atom is 0.123 e. The van der Waals surface area contributed by atoms with Crippen LogP contribution in [0.5, 0.6) is 0 Å². The van der Waals surface area contributed by atoms with Crippen LogP contribution >= 0.6 is 0 Å². The van der Waals surface area contributed by atoms with Crippen LogP contribution in [0.15, 0.2) is 24.3 Å². The van der Waals surface area contributed by atoms with Gasteiger partial charge in [-0.25, -0.2) is 4.39 Å². The Morgan fingerprint density at radius 3 is 2.94 bits per heavy atom. The smallest absolute Gasteiger partial charge is 0.123 e. The van der Waals surface area contributed by atoms with E-state index in [-0.39, 0.29) is 18.5 Å². The molecular weight excluding hydrogens is 209 g/mol. The highest BCUT2D eigenvalue weighted by Crippen LogP contribution is 2.12. The molecule has 16 heavy (non-hydrogen) atoms. The lowest BCUT2D eigenvalue weighted by molar-refractivity contribution is 0.0928. The number of benzene rings is 1. The lowest BCUT2D eigenvalue weighted by Crippen LogP contribution is -2.23. The molecule has 0 saturated heterocycles.